The number of alkyl halides is 3. The van der Waals surface area contributed by atoms with E-state index in [0.29, 0.717) is 5.69 Å². The summed E-state index contributed by atoms with van der Waals surface area (Å²) in [6.45, 7) is 0.101. The number of rotatable bonds is 5. The monoisotopic (exact) mass is 382 g/mol. The van der Waals surface area contributed by atoms with Gasteiger partial charge in [0.15, 0.2) is 6.61 Å². The molecule has 122 valence electrons. The maximum absolute atomic E-state index is 11.8. The highest BCUT2D eigenvalue weighted by Crippen LogP contribution is 2.20. The number of nitrogens with one attached hydrogen (secondary N) is 2. The van der Waals surface area contributed by atoms with Crippen LogP contribution in [-0.2, 0) is 9.53 Å². The first-order chi connectivity index (χ1) is 10.2. The van der Waals surface area contributed by atoms with Crippen molar-refractivity contribution >= 4 is 33.6 Å². The molecule has 0 bridgehead atoms. The van der Waals surface area contributed by atoms with Crippen molar-refractivity contribution in [2.45, 2.75) is 19.5 Å². The Morgan fingerprint density at radius 1 is 1.32 bits per heavy atom. The van der Waals surface area contributed by atoms with E-state index in [-0.39, 0.29) is 18.9 Å². The lowest BCUT2D eigenvalue weighted by atomic mass is 10.2. The van der Waals surface area contributed by atoms with Gasteiger partial charge in [0.1, 0.15) is 0 Å². The third kappa shape index (κ3) is 7.30. The molecule has 22 heavy (non-hydrogen) atoms. The summed E-state index contributed by atoms with van der Waals surface area (Å²) in [5.74, 6) is -0.383. The minimum absolute atomic E-state index is 0.0907. The predicted molar refractivity (Wildman–Crippen MR) is 77.5 cm³/mol. The summed E-state index contributed by atoms with van der Waals surface area (Å²) in [7, 11) is 0. The maximum Gasteiger partial charge on any atom is 0.422 e. The molecule has 0 spiro atoms. The number of carbonyl (C=O) groups excluding carboxylic acids is 2. The van der Waals surface area contributed by atoms with Crippen molar-refractivity contribution in [2.75, 3.05) is 18.5 Å². The maximum atomic E-state index is 11.8. The van der Waals surface area contributed by atoms with Gasteiger partial charge >= 0.3 is 12.3 Å². The molecule has 0 saturated carbocycles. The minimum Gasteiger partial charge on any atom is -0.440 e. The van der Waals surface area contributed by atoms with Crippen molar-refractivity contribution in [3.05, 3.63) is 28.2 Å². The van der Waals surface area contributed by atoms with Crippen molar-refractivity contribution < 1.29 is 27.5 Å². The van der Waals surface area contributed by atoms with Crippen LogP contribution in [0.15, 0.2) is 22.7 Å². The van der Waals surface area contributed by atoms with Crippen LogP contribution in [0.4, 0.5) is 23.7 Å². The first kappa shape index (κ1) is 18.3. The summed E-state index contributed by atoms with van der Waals surface area (Å²) >= 11 is 3.32. The number of carbonyl (C=O) groups is 2. The highest BCUT2D eigenvalue weighted by molar-refractivity contribution is 9.10. The average molecular weight is 383 g/mol. The molecule has 0 aliphatic heterocycles. The van der Waals surface area contributed by atoms with E-state index >= 15 is 0 Å². The van der Waals surface area contributed by atoms with E-state index in [1.165, 1.54) is 0 Å². The molecule has 2 amide bonds. The van der Waals surface area contributed by atoms with E-state index in [0.717, 1.165) is 10.0 Å². The fourth-order valence-corrected chi connectivity index (χ4v) is 1.75. The standard InChI is InChI=1S/C13H14BrF3N2O3/c1-8-2-3-9(6-10(8)14)19-11(20)4-5-18-12(21)22-7-13(15,16)17/h2-3,6H,4-5,7H2,1H3,(H,18,21)(H,19,20). The molecule has 1 rings (SSSR count). The van der Waals surface area contributed by atoms with Gasteiger partial charge in [-0.05, 0) is 24.6 Å². The van der Waals surface area contributed by atoms with Gasteiger partial charge in [-0.15, -0.1) is 0 Å². The molecule has 2 N–H and O–H groups in total. The lowest BCUT2D eigenvalue weighted by Gasteiger charge is -2.09. The van der Waals surface area contributed by atoms with E-state index in [1.54, 1.807) is 12.1 Å². The Labute approximate surface area is 133 Å². The van der Waals surface area contributed by atoms with Crippen molar-refractivity contribution in [1.29, 1.82) is 0 Å². The molecule has 5 nitrogen and oxygen atoms in total. The third-order valence-corrected chi connectivity index (χ3v) is 3.30. The molecule has 9 heteroatoms. The molecule has 0 radical (unpaired) electrons. The van der Waals surface area contributed by atoms with Crippen LogP contribution in [0, 0.1) is 6.92 Å². The highest BCUT2D eigenvalue weighted by Gasteiger charge is 2.29. The lowest BCUT2D eigenvalue weighted by Crippen LogP contribution is -2.31. The molecule has 1 aromatic rings. The molecular weight excluding hydrogens is 369 g/mol. The first-order valence-electron chi connectivity index (χ1n) is 6.21. The van der Waals surface area contributed by atoms with Crippen LogP contribution in [0.5, 0.6) is 0 Å². The largest absolute Gasteiger partial charge is 0.440 e. The molecule has 0 heterocycles. The highest BCUT2D eigenvalue weighted by atomic mass is 79.9. The van der Waals surface area contributed by atoms with E-state index in [9.17, 15) is 22.8 Å². The van der Waals surface area contributed by atoms with Crippen LogP contribution in [0.2, 0.25) is 0 Å². The Morgan fingerprint density at radius 3 is 2.59 bits per heavy atom. The molecule has 1 aromatic carbocycles. The predicted octanol–water partition coefficient (Wildman–Crippen LogP) is 3.37. The second-order valence-electron chi connectivity index (χ2n) is 4.38. The Balaban J connectivity index is 2.28. The van der Waals surface area contributed by atoms with E-state index in [1.807, 2.05) is 13.0 Å². The zero-order valence-corrected chi connectivity index (χ0v) is 13.2. The van der Waals surface area contributed by atoms with Crippen molar-refractivity contribution in [1.82, 2.24) is 5.32 Å². The summed E-state index contributed by atoms with van der Waals surface area (Å²) in [4.78, 5) is 22.5. The van der Waals surface area contributed by atoms with Gasteiger partial charge < -0.3 is 15.4 Å². The number of ether oxygens (including phenoxy) is 1. The SMILES string of the molecule is Cc1ccc(NC(=O)CCNC(=O)OCC(F)(F)F)cc1Br. The average Bonchev–Trinajstić information content (AvgIpc) is 2.40. The van der Waals surface area contributed by atoms with Gasteiger partial charge in [0, 0.05) is 23.1 Å². The number of hydrogen-bond donors (Lipinski definition) is 2. The Kier molecular flexibility index (Phi) is 6.66. The lowest BCUT2D eigenvalue weighted by molar-refractivity contribution is -0.160. The Hall–Kier alpha value is -1.77. The van der Waals surface area contributed by atoms with Crippen molar-refractivity contribution in [3.63, 3.8) is 0 Å². The number of anilines is 1. The molecule has 0 unspecified atom stereocenters. The van der Waals surface area contributed by atoms with Gasteiger partial charge in [0.2, 0.25) is 5.91 Å². The van der Waals surface area contributed by atoms with Gasteiger partial charge in [-0.2, -0.15) is 13.2 Å². The van der Waals surface area contributed by atoms with Crippen LogP contribution in [0.25, 0.3) is 0 Å². The number of hydrogen-bond acceptors (Lipinski definition) is 3. The smallest absolute Gasteiger partial charge is 0.422 e. The first-order valence-corrected chi connectivity index (χ1v) is 7.00. The number of alkyl carbamates (subject to hydrolysis) is 1. The third-order valence-electron chi connectivity index (χ3n) is 2.44. The fourth-order valence-electron chi connectivity index (χ4n) is 1.37. The summed E-state index contributed by atoms with van der Waals surface area (Å²) in [5, 5.41) is 4.66. The van der Waals surface area contributed by atoms with Crippen molar-refractivity contribution in [2.24, 2.45) is 0 Å². The van der Waals surface area contributed by atoms with Gasteiger partial charge in [-0.1, -0.05) is 22.0 Å². The van der Waals surface area contributed by atoms with Crippen LogP contribution >= 0.6 is 15.9 Å². The number of halogens is 4. The number of amides is 2. The number of benzene rings is 1. The van der Waals surface area contributed by atoms with Crippen LogP contribution in [-0.4, -0.2) is 31.3 Å². The molecule has 0 aliphatic carbocycles. The number of aryl methyl sites for hydroxylation is 1. The zero-order valence-electron chi connectivity index (χ0n) is 11.6. The fraction of sp³-hybridized carbons (Fsp3) is 0.385. The van der Waals surface area contributed by atoms with Gasteiger partial charge in [-0.3, -0.25) is 4.79 Å². The Morgan fingerprint density at radius 2 is 2.00 bits per heavy atom. The summed E-state index contributed by atoms with van der Waals surface area (Å²) < 4.78 is 40.1. The second kappa shape index (κ2) is 8.02. The molecule has 0 atom stereocenters. The molecule has 0 aromatic heterocycles. The van der Waals surface area contributed by atoms with E-state index in [2.05, 4.69) is 31.3 Å². The van der Waals surface area contributed by atoms with E-state index in [4.69, 9.17) is 0 Å². The Bertz CT molecular complexity index is 550. The normalized spacial score (nSPS) is 11.0. The van der Waals surface area contributed by atoms with Gasteiger partial charge in [0.05, 0.1) is 0 Å². The van der Waals surface area contributed by atoms with Crippen molar-refractivity contribution in [3.8, 4) is 0 Å². The van der Waals surface area contributed by atoms with Gasteiger partial charge in [-0.25, -0.2) is 4.79 Å². The van der Waals surface area contributed by atoms with E-state index < -0.39 is 18.9 Å². The zero-order chi connectivity index (χ0) is 16.8. The molecular formula is C13H14BrF3N2O3. The molecule has 0 fully saturated rings. The summed E-state index contributed by atoms with van der Waals surface area (Å²) in [6.07, 6.45) is -5.89. The van der Waals surface area contributed by atoms with Crippen LogP contribution < -0.4 is 10.6 Å². The molecule has 0 saturated heterocycles. The second-order valence-corrected chi connectivity index (χ2v) is 5.23. The van der Waals surface area contributed by atoms with Crippen LogP contribution in [0.3, 0.4) is 0 Å². The quantitative estimate of drug-likeness (QED) is 0.820. The van der Waals surface area contributed by atoms with Crippen LogP contribution in [0.1, 0.15) is 12.0 Å². The van der Waals surface area contributed by atoms with Gasteiger partial charge in [0.25, 0.3) is 0 Å². The molecule has 0 aliphatic rings. The summed E-state index contributed by atoms with van der Waals surface area (Å²) in [5.41, 5.74) is 1.58. The minimum atomic E-state index is -4.58. The topological polar surface area (TPSA) is 67.4 Å². The summed E-state index contributed by atoms with van der Waals surface area (Å²) in [6, 6.07) is 5.24.